The van der Waals surface area contributed by atoms with Crippen LogP contribution >= 0.6 is 0 Å². The molecule has 0 aromatic heterocycles. The molecule has 0 fully saturated rings. The SMILES string of the molecule is CCCCCCCCCCCCC1=CCC(O[Si](CC)(CC)CC)[C@@H]1CCC=C=CC(O[Si](C)(C)C(C)(C)C)C(=O)O. The lowest BCUT2D eigenvalue weighted by Gasteiger charge is -2.37. The average molecular weight is 621 g/mol. The molecule has 1 N–H and O–H groups in total. The Hall–Kier alpha value is -0.916. The monoisotopic (exact) mass is 620 g/mol. The zero-order valence-corrected chi connectivity index (χ0v) is 31.2. The Kier molecular flexibility index (Phi) is 18.8. The van der Waals surface area contributed by atoms with Gasteiger partial charge in [0.1, 0.15) is 0 Å². The largest absolute Gasteiger partial charge is 0.479 e. The summed E-state index contributed by atoms with van der Waals surface area (Å²) in [7, 11) is -3.87. The van der Waals surface area contributed by atoms with Crippen LogP contribution in [0, 0.1) is 5.92 Å². The maximum absolute atomic E-state index is 11.9. The van der Waals surface area contributed by atoms with Crippen molar-refractivity contribution in [3.05, 3.63) is 29.5 Å². The second kappa shape index (κ2) is 20.2. The highest BCUT2D eigenvalue weighted by molar-refractivity contribution is 6.74. The van der Waals surface area contributed by atoms with Crippen molar-refractivity contribution in [3.63, 3.8) is 0 Å². The molecule has 0 radical (unpaired) electrons. The molecule has 0 saturated carbocycles. The van der Waals surface area contributed by atoms with Gasteiger partial charge in [-0.15, -0.1) is 5.73 Å². The molecule has 6 heteroatoms. The lowest BCUT2D eigenvalue weighted by Crippen LogP contribution is -2.45. The van der Waals surface area contributed by atoms with Crippen molar-refractivity contribution in [1.82, 2.24) is 0 Å². The van der Waals surface area contributed by atoms with Gasteiger partial charge < -0.3 is 14.0 Å². The van der Waals surface area contributed by atoms with Gasteiger partial charge in [0, 0.05) is 5.92 Å². The molecule has 0 spiro atoms. The summed E-state index contributed by atoms with van der Waals surface area (Å²) in [6.45, 7) is 19.8. The molecule has 1 rings (SSSR count). The smallest absolute Gasteiger partial charge is 0.336 e. The Morgan fingerprint density at radius 3 is 2.02 bits per heavy atom. The number of carboxylic acid groups (broad SMARTS) is 1. The minimum absolute atomic E-state index is 0.0409. The highest BCUT2D eigenvalue weighted by Gasteiger charge is 2.40. The topological polar surface area (TPSA) is 55.8 Å². The second-order valence-electron chi connectivity index (χ2n) is 14.2. The zero-order chi connectivity index (χ0) is 31.7. The van der Waals surface area contributed by atoms with E-state index < -0.39 is 28.7 Å². The highest BCUT2D eigenvalue weighted by Crippen LogP contribution is 2.39. The van der Waals surface area contributed by atoms with Crippen molar-refractivity contribution >= 4 is 22.6 Å². The van der Waals surface area contributed by atoms with Crippen LogP contribution in [0.15, 0.2) is 29.5 Å². The van der Waals surface area contributed by atoms with Gasteiger partial charge in [0.15, 0.2) is 22.7 Å². The van der Waals surface area contributed by atoms with E-state index in [4.69, 9.17) is 8.85 Å². The van der Waals surface area contributed by atoms with Crippen LogP contribution in [0.2, 0.25) is 36.3 Å². The first-order chi connectivity index (χ1) is 19.9. The van der Waals surface area contributed by atoms with E-state index in [1.807, 2.05) is 6.08 Å². The zero-order valence-electron chi connectivity index (χ0n) is 29.2. The van der Waals surface area contributed by atoms with Gasteiger partial charge in [0.2, 0.25) is 0 Å². The lowest BCUT2D eigenvalue weighted by atomic mass is 9.90. The molecule has 2 unspecified atom stereocenters. The fourth-order valence-corrected chi connectivity index (χ4v) is 9.96. The summed E-state index contributed by atoms with van der Waals surface area (Å²) < 4.78 is 13.2. The van der Waals surface area contributed by atoms with Gasteiger partial charge in [-0.1, -0.05) is 118 Å². The van der Waals surface area contributed by atoms with E-state index in [1.165, 1.54) is 88.8 Å². The Morgan fingerprint density at radius 2 is 1.52 bits per heavy atom. The van der Waals surface area contributed by atoms with Crippen LogP contribution < -0.4 is 0 Å². The Bertz CT molecular complexity index is 839. The summed E-state index contributed by atoms with van der Waals surface area (Å²) in [5.41, 5.74) is 4.78. The highest BCUT2D eigenvalue weighted by atomic mass is 28.4. The summed E-state index contributed by atoms with van der Waals surface area (Å²) >= 11 is 0. The number of hydrogen-bond acceptors (Lipinski definition) is 3. The molecule has 0 bridgehead atoms. The molecule has 0 amide bonds. The molecule has 3 atom stereocenters. The normalized spacial score (nSPS) is 18.5. The van der Waals surface area contributed by atoms with E-state index in [0.29, 0.717) is 12.0 Å². The van der Waals surface area contributed by atoms with Crippen molar-refractivity contribution in [2.45, 2.75) is 187 Å². The molecule has 42 heavy (non-hydrogen) atoms. The maximum atomic E-state index is 11.9. The lowest BCUT2D eigenvalue weighted by molar-refractivity contribution is -0.143. The molecular formula is C36H68O4Si2. The predicted octanol–water partition coefficient (Wildman–Crippen LogP) is 11.6. The van der Waals surface area contributed by atoms with E-state index in [0.717, 1.165) is 19.3 Å². The Labute approximate surface area is 263 Å². The summed E-state index contributed by atoms with van der Waals surface area (Å²) in [4.78, 5) is 11.9. The molecule has 0 aromatic carbocycles. The fourth-order valence-electron chi connectivity index (χ4n) is 5.90. The van der Waals surface area contributed by atoms with Gasteiger partial charge in [-0.3, -0.25) is 0 Å². The average Bonchev–Trinajstić information content (AvgIpc) is 3.31. The van der Waals surface area contributed by atoms with E-state index in [2.05, 4.69) is 73.4 Å². The van der Waals surface area contributed by atoms with Crippen molar-refractivity contribution in [3.8, 4) is 0 Å². The van der Waals surface area contributed by atoms with Crippen LogP contribution in [0.5, 0.6) is 0 Å². The summed E-state index contributed by atoms with van der Waals surface area (Å²) in [6.07, 6.45) is 23.3. The molecular weight excluding hydrogens is 553 g/mol. The van der Waals surface area contributed by atoms with Crippen LogP contribution in [0.3, 0.4) is 0 Å². The van der Waals surface area contributed by atoms with E-state index in [-0.39, 0.29) is 5.04 Å². The third-order valence-corrected chi connectivity index (χ3v) is 19.3. The van der Waals surface area contributed by atoms with Crippen molar-refractivity contribution in [2.24, 2.45) is 5.92 Å². The molecule has 0 heterocycles. The third kappa shape index (κ3) is 13.8. The Balaban J connectivity index is 2.77. The van der Waals surface area contributed by atoms with Crippen molar-refractivity contribution in [2.75, 3.05) is 0 Å². The second-order valence-corrected chi connectivity index (χ2v) is 23.7. The summed E-state index contributed by atoms with van der Waals surface area (Å²) in [6, 6.07) is 3.55. The summed E-state index contributed by atoms with van der Waals surface area (Å²) in [5.74, 6) is -0.469. The number of carboxylic acids is 1. The van der Waals surface area contributed by atoms with Gasteiger partial charge >= 0.3 is 5.97 Å². The first-order valence-electron chi connectivity index (χ1n) is 17.5. The van der Waals surface area contributed by atoms with Gasteiger partial charge in [-0.25, -0.2) is 4.79 Å². The third-order valence-electron chi connectivity index (χ3n) is 10.1. The van der Waals surface area contributed by atoms with Crippen molar-refractivity contribution < 1.29 is 18.8 Å². The number of aliphatic carboxylic acids is 1. The predicted molar refractivity (Wildman–Crippen MR) is 186 cm³/mol. The number of carbonyl (C=O) groups is 1. The van der Waals surface area contributed by atoms with Gasteiger partial charge in [0.25, 0.3) is 0 Å². The van der Waals surface area contributed by atoms with Gasteiger partial charge in [-0.05, 0) is 80.5 Å². The minimum atomic E-state index is -2.19. The molecule has 244 valence electrons. The van der Waals surface area contributed by atoms with Gasteiger partial charge in [-0.2, -0.15) is 0 Å². The molecule has 0 saturated heterocycles. The molecule has 1 aliphatic rings. The fraction of sp³-hybridized carbons (Fsp3) is 0.833. The number of unbranched alkanes of at least 4 members (excludes halogenated alkanes) is 9. The van der Waals surface area contributed by atoms with Crippen molar-refractivity contribution in [1.29, 1.82) is 0 Å². The van der Waals surface area contributed by atoms with Crippen LogP contribution in [-0.4, -0.2) is 39.9 Å². The number of rotatable bonds is 23. The Morgan fingerprint density at radius 1 is 0.976 bits per heavy atom. The maximum Gasteiger partial charge on any atom is 0.336 e. The van der Waals surface area contributed by atoms with Gasteiger partial charge in [0.05, 0.1) is 6.10 Å². The minimum Gasteiger partial charge on any atom is -0.479 e. The molecule has 1 aliphatic carbocycles. The van der Waals surface area contributed by atoms with E-state index >= 15 is 0 Å². The van der Waals surface area contributed by atoms with Crippen LogP contribution in [-0.2, 0) is 13.6 Å². The molecule has 4 nitrogen and oxygen atoms in total. The standard InChI is InChI=1S/C36H68O4Si2/c1-10-14-15-16-17-18-19-20-21-23-26-31-29-30-33(40-42(11-2,12-3)13-4)32(31)27-24-22-25-28-34(35(37)38)39-41(8,9)36(5,6)7/h22,28-29,32-34H,10-21,23-24,26-27,30H2,1-9H3,(H,37,38)/t25?,32-,33?,34?/m1/s1. The van der Waals surface area contributed by atoms with Crippen LogP contribution in [0.1, 0.15) is 138 Å². The first-order valence-corrected chi connectivity index (χ1v) is 23.0. The molecule has 0 aromatic rings. The number of hydrogen-bond donors (Lipinski definition) is 1. The first kappa shape index (κ1) is 39.1. The van der Waals surface area contributed by atoms with Crippen LogP contribution in [0.25, 0.3) is 0 Å². The van der Waals surface area contributed by atoms with E-state index in [9.17, 15) is 9.90 Å². The summed E-state index contributed by atoms with van der Waals surface area (Å²) in [5, 5.41) is 9.72. The quantitative estimate of drug-likeness (QED) is 0.0534. The molecule has 0 aliphatic heterocycles. The van der Waals surface area contributed by atoms with Crippen LogP contribution in [0.4, 0.5) is 0 Å². The van der Waals surface area contributed by atoms with E-state index in [1.54, 1.807) is 11.6 Å².